The number of carbonyl (C=O) groups is 1. The lowest BCUT2D eigenvalue weighted by atomic mass is 9.87. The van der Waals surface area contributed by atoms with E-state index in [4.69, 9.17) is 11.6 Å². The van der Waals surface area contributed by atoms with Crippen LogP contribution in [0.25, 0.3) is 0 Å². The standard InChI is InChI=1S/C29H33ClN2O/c1-3-27(29(33)31-26-18-10-7-13-22(26)2)32(21-24-16-8-9-17-25(24)30)20-12-11-19-28(32)23-14-5-4-6-15-23/h4-10,13-18,27-28H,3,11-12,19-21H2,1-2H3/p+1. The van der Waals surface area contributed by atoms with E-state index in [1.165, 1.54) is 12.0 Å². The van der Waals surface area contributed by atoms with Gasteiger partial charge in [-0.25, -0.2) is 0 Å². The maximum Gasteiger partial charge on any atom is 0.282 e. The van der Waals surface area contributed by atoms with Gasteiger partial charge in [-0.15, -0.1) is 0 Å². The summed E-state index contributed by atoms with van der Waals surface area (Å²) in [7, 11) is 0. The Morgan fingerprint density at radius 3 is 2.42 bits per heavy atom. The van der Waals surface area contributed by atoms with Crippen LogP contribution in [0.5, 0.6) is 0 Å². The molecule has 172 valence electrons. The largest absolute Gasteiger partial charge is 0.321 e. The highest BCUT2D eigenvalue weighted by atomic mass is 35.5. The quantitative estimate of drug-likeness (QED) is 0.367. The van der Waals surface area contributed by atoms with Crippen molar-refractivity contribution in [3.63, 3.8) is 0 Å². The molecule has 3 atom stereocenters. The molecule has 1 amide bonds. The Bertz CT molecular complexity index is 1080. The molecular formula is C29H34ClN2O+. The van der Waals surface area contributed by atoms with Gasteiger partial charge in [-0.1, -0.05) is 85.3 Å². The van der Waals surface area contributed by atoms with Crippen molar-refractivity contribution in [2.45, 2.75) is 58.2 Å². The second-order valence-electron chi connectivity index (χ2n) is 9.23. The van der Waals surface area contributed by atoms with E-state index in [0.717, 1.165) is 54.2 Å². The van der Waals surface area contributed by atoms with Gasteiger partial charge in [0.25, 0.3) is 5.91 Å². The first-order valence-electron chi connectivity index (χ1n) is 12.1. The third-order valence-corrected chi connectivity index (χ3v) is 7.61. The van der Waals surface area contributed by atoms with E-state index in [2.05, 4.69) is 48.6 Å². The predicted molar refractivity (Wildman–Crippen MR) is 137 cm³/mol. The lowest BCUT2D eigenvalue weighted by Crippen LogP contribution is -2.62. The van der Waals surface area contributed by atoms with Crippen molar-refractivity contribution < 1.29 is 9.28 Å². The summed E-state index contributed by atoms with van der Waals surface area (Å²) in [6.45, 7) is 5.90. The fraction of sp³-hybridized carbons (Fsp3) is 0.345. The van der Waals surface area contributed by atoms with E-state index in [0.29, 0.717) is 4.48 Å². The molecule has 3 unspecified atom stereocenters. The molecule has 4 rings (SSSR count). The fourth-order valence-corrected chi connectivity index (χ4v) is 5.82. The Hall–Kier alpha value is -2.62. The molecule has 0 aromatic heterocycles. The van der Waals surface area contributed by atoms with E-state index in [1.807, 2.05) is 49.4 Å². The number of hydrogen-bond acceptors (Lipinski definition) is 1. The second-order valence-corrected chi connectivity index (χ2v) is 9.63. The van der Waals surface area contributed by atoms with E-state index in [9.17, 15) is 4.79 Å². The van der Waals surface area contributed by atoms with Crippen molar-refractivity contribution in [2.24, 2.45) is 0 Å². The molecule has 3 nitrogen and oxygen atoms in total. The van der Waals surface area contributed by atoms with Crippen LogP contribution in [0.1, 0.15) is 55.3 Å². The molecule has 33 heavy (non-hydrogen) atoms. The van der Waals surface area contributed by atoms with Gasteiger partial charge in [-0.05, 0) is 37.5 Å². The molecule has 3 aromatic carbocycles. The van der Waals surface area contributed by atoms with Crippen LogP contribution in [0.3, 0.4) is 0 Å². The zero-order valence-electron chi connectivity index (χ0n) is 19.6. The molecule has 1 N–H and O–H groups in total. The van der Waals surface area contributed by atoms with Gasteiger partial charge in [0.15, 0.2) is 6.04 Å². The minimum Gasteiger partial charge on any atom is -0.321 e. The summed E-state index contributed by atoms with van der Waals surface area (Å²) in [5.74, 6) is 0.0988. The number of benzene rings is 3. The van der Waals surface area contributed by atoms with E-state index in [1.54, 1.807) is 0 Å². The number of rotatable bonds is 7. The molecule has 1 aliphatic rings. The highest BCUT2D eigenvalue weighted by molar-refractivity contribution is 6.31. The number of piperidine rings is 1. The minimum absolute atomic E-state index is 0.0988. The maximum atomic E-state index is 13.9. The van der Waals surface area contributed by atoms with Gasteiger partial charge in [0.2, 0.25) is 0 Å². The zero-order valence-corrected chi connectivity index (χ0v) is 20.4. The first-order chi connectivity index (χ1) is 16.0. The second kappa shape index (κ2) is 10.5. The Balaban J connectivity index is 1.78. The Morgan fingerprint density at radius 2 is 1.70 bits per heavy atom. The number of para-hydroxylation sites is 1. The molecule has 0 bridgehead atoms. The third-order valence-electron chi connectivity index (χ3n) is 7.24. The molecule has 1 saturated heterocycles. The third kappa shape index (κ3) is 5.00. The van der Waals surface area contributed by atoms with Crippen LogP contribution >= 0.6 is 11.6 Å². The van der Waals surface area contributed by atoms with Crippen LogP contribution in [-0.4, -0.2) is 23.0 Å². The van der Waals surface area contributed by atoms with Gasteiger partial charge in [-0.3, -0.25) is 4.79 Å². The number of hydrogen-bond donors (Lipinski definition) is 1. The van der Waals surface area contributed by atoms with Crippen molar-refractivity contribution in [3.8, 4) is 0 Å². The summed E-state index contributed by atoms with van der Waals surface area (Å²) in [5, 5.41) is 4.05. The summed E-state index contributed by atoms with van der Waals surface area (Å²) < 4.78 is 0.710. The van der Waals surface area contributed by atoms with Crippen molar-refractivity contribution in [3.05, 3.63) is 101 Å². The number of carbonyl (C=O) groups excluding carboxylic acids is 1. The highest BCUT2D eigenvalue weighted by Gasteiger charge is 2.49. The molecule has 1 aliphatic heterocycles. The maximum absolute atomic E-state index is 13.9. The van der Waals surface area contributed by atoms with Crippen LogP contribution in [0.4, 0.5) is 5.69 Å². The number of aryl methyl sites for hydroxylation is 1. The molecular weight excluding hydrogens is 428 g/mol. The van der Waals surface area contributed by atoms with E-state index in [-0.39, 0.29) is 18.0 Å². The van der Waals surface area contributed by atoms with Gasteiger partial charge < -0.3 is 9.80 Å². The van der Waals surface area contributed by atoms with Gasteiger partial charge in [0, 0.05) is 34.7 Å². The normalized spacial score (nSPS) is 21.4. The van der Waals surface area contributed by atoms with Crippen LogP contribution in [-0.2, 0) is 11.3 Å². The van der Waals surface area contributed by atoms with Crippen molar-refractivity contribution >= 4 is 23.2 Å². The number of likely N-dealkylation sites (tertiary alicyclic amines) is 1. The zero-order chi connectivity index (χ0) is 23.3. The summed E-state index contributed by atoms with van der Waals surface area (Å²) in [5.41, 5.74) is 4.40. The van der Waals surface area contributed by atoms with Crippen LogP contribution in [0.15, 0.2) is 78.9 Å². The summed E-state index contributed by atoms with van der Waals surface area (Å²) in [6.07, 6.45) is 4.13. The average Bonchev–Trinajstić information content (AvgIpc) is 2.83. The molecule has 0 spiro atoms. The number of amides is 1. The number of quaternary nitrogens is 1. The van der Waals surface area contributed by atoms with Crippen molar-refractivity contribution in [1.29, 1.82) is 0 Å². The van der Waals surface area contributed by atoms with Crippen LogP contribution in [0.2, 0.25) is 5.02 Å². The highest BCUT2D eigenvalue weighted by Crippen LogP contribution is 2.43. The smallest absolute Gasteiger partial charge is 0.282 e. The molecule has 4 heteroatoms. The minimum atomic E-state index is -0.175. The van der Waals surface area contributed by atoms with E-state index < -0.39 is 0 Å². The molecule has 1 heterocycles. The van der Waals surface area contributed by atoms with E-state index >= 15 is 0 Å². The molecule has 0 aliphatic carbocycles. The molecule has 3 aromatic rings. The fourth-order valence-electron chi connectivity index (χ4n) is 5.62. The molecule has 0 saturated carbocycles. The monoisotopic (exact) mass is 461 g/mol. The number of anilines is 1. The lowest BCUT2D eigenvalue weighted by molar-refractivity contribution is -0.987. The Kier molecular flexibility index (Phi) is 7.52. The Labute approximate surface area is 203 Å². The van der Waals surface area contributed by atoms with Gasteiger partial charge in [-0.2, -0.15) is 0 Å². The first kappa shape index (κ1) is 23.5. The SMILES string of the molecule is CCC(C(=O)Nc1ccccc1C)[N+]1(Cc2ccccc2Cl)CCCCC1c1ccccc1. The first-order valence-corrected chi connectivity index (χ1v) is 12.4. The summed E-state index contributed by atoms with van der Waals surface area (Å²) in [4.78, 5) is 13.9. The molecule has 1 fully saturated rings. The number of nitrogens with one attached hydrogen (secondary N) is 1. The summed E-state index contributed by atoms with van der Waals surface area (Å²) in [6, 6.07) is 26.9. The number of halogens is 1. The number of nitrogens with zero attached hydrogens (tertiary/aromatic N) is 1. The predicted octanol–water partition coefficient (Wildman–Crippen LogP) is 7.31. The van der Waals surface area contributed by atoms with Gasteiger partial charge >= 0.3 is 0 Å². The van der Waals surface area contributed by atoms with Crippen molar-refractivity contribution in [2.75, 3.05) is 11.9 Å². The topological polar surface area (TPSA) is 29.1 Å². The summed E-state index contributed by atoms with van der Waals surface area (Å²) >= 11 is 6.67. The van der Waals surface area contributed by atoms with Crippen LogP contribution < -0.4 is 5.32 Å². The van der Waals surface area contributed by atoms with Crippen LogP contribution in [0, 0.1) is 6.92 Å². The molecule has 0 radical (unpaired) electrons. The van der Waals surface area contributed by atoms with Gasteiger partial charge in [0.05, 0.1) is 6.54 Å². The van der Waals surface area contributed by atoms with Gasteiger partial charge in [0.1, 0.15) is 12.6 Å². The average molecular weight is 462 g/mol. The Morgan fingerprint density at radius 1 is 1.00 bits per heavy atom. The van der Waals surface area contributed by atoms with Crippen molar-refractivity contribution in [1.82, 2.24) is 0 Å². The lowest BCUT2D eigenvalue weighted by Gasteiger charge is -2.52.